The summed E-state index contributed by atoms with van der Waals surface area (Å²) >= 11 is 0. The van der Waals surface area contributed by atoms with Gasteiger partial charge in [-0.2, -0.15) is 0 Å². The molecule has 1 rings (SSSR count). The molecule has 0 aliphatic heterocycles. The standard InChI is InChI=1S/C13H22N4O2S.HI/c1-3-15-13(16-8-9-20(14,18)19)17-10-12-6-4-11(2)5-7-12;/h4-7H,3,8-10H2,1-2H3,(H2,14,18,19)(H2,15,16,17);1H. The minimum Gasteiger partial charge on any atom is -0.357 e. The average Bonchev–Trinajstić information content (AvgIpc) is 2.36. The molecular weight excluding hydrogens is 403 g/mol. The number of aliphatic imine (C=N–C) groups is 1. The molecule has 0 aliphatic carbocycles. The predicted molar refractivity (Wildman–Crippen MR) is 97.4 cm³/mol. The van der Waals surface area contributed by atoms with Crippen molar-refractivity contribution in [3.63, 3.8) is 0 Å². The van der Waals surface area contributed by atoms with Crippen molar-refractivity contribution in [2.45, 2.75) is 20.4 Å². The van der Waals surface area contributed by atoms with Gasteiger partial charge in [-0.1, -0.05) is 29.8 Å². The van der Waals surface area contributed by atoms with Crippen molar-refractivity contribution in [2.75, 3.05) is 18.8 Å². The molecule has 0 spiro atoms. The van der Waals surface area contributed by atoms with Gasteiger partial charge in [0.15, 0.2) is 5.96 Å². The Bertz CT molecular complexity index is 544. The minimum absolute atomic E-state index is 0. The zero-order valence-electron chi connectivity index (χ0n) is 12.3. The molecule has 21 heavy (non-hydrogen) atoms. The fraction of sp³-hybridized carbons (Fsp3) is 0.462. The third-order valence-corrected chi connectivity index (χ3v) is 3.34. The first-order valence-corrected chi connectivity index (χ1v) is 8.20. The maximum atomic E-state index is 10.9. The molecule has 0 atom stereocenters. The lowest BCUT2D eigenvalue weighted by Gasteiger charge is -2.10. The second-order valence-corrected chi connectivity index (χ2v) is 6.21. The van der Waals surface area contributed by atoms with Crippen molar-refractivity contribution in [1.82, 2.24) is 10.6 Å². The molecule has 0 fully saturated rings. The topological polar surface area (TPSA) is 96.6 Å². The Hall–Kier alpha value is -0.870. The highest BCUT2D eigenvalue weighted by molar-refractivity contribution is 14.0. The van der Waals surface area contributed by atoms with Gasteiger partial charge in [0.25, 0.3) is 0 Å². The molecular formula is C13H23IN4O2S. The molecule has 0 aromatic heterocycles. The number of nitrogens with zero attached hydrogens (tertiary/aromatic N) is 1. The van der Waals surface area contributed by atoms with E-state index in [1.165, 1.54) is 5.56 Å². The van der Waals surface area contributed by atoms with Crippen LogP contribution in [0.25, 0.3) is 0 Å². The van der Waals surface area contributed by atoms with Crippen LogP contribution in [-0.2, 0) is 16.6 Å². The summed E-state index contributed by atoms with van der Waals surface area (Å²) in [6.45, 7) is 5.45. The van der Waals surface area contributed by atoms with E-state index in [9.17, 15) is 8.42 Å². The molecule has 4 N–H and O–H groups in total. The lowest BCUT2D eigenvalue weighted by Crippen LogP contribution is -2.40. The van der Waals surface area contributed by atoms with Crippen molar-refractivity contribution < 1.29 is 8.42 Å². The number of guanidine groups is 1. The maximum absolute atomic E-state index is 10.9. The highest BCUT2D eigenvalue weighted by atomic mass is 127. The van der Waals surface area contributed by atoms with Crippen molar-refractivity contribution in [1.29, 1.82) is 0 Å². The lowest BCUT2D eigenvalue weighted by atomic mass is 10.1. The largest absolute Gasteiger partial charge is 0.357 e. The van der Waals surface area contributed by atoms with Gasteiger partial charge in [-0.3, -0.25) is 0 Å². The van der Waals surface area contributed by atoms with Crippen molar-refractivity contribution in [3.05, 3.63) is 35.4 Å². The van der Waals surface area contributed by atoms with Gasteiger partial charge in [0.2, 0.25) is 10.0 Å². The first-order chi connectivity index (χ1) is 9.40. The van der Waals surface area contributed by atoms with E-state index in [1.807, 2.05) is 38.1 Å². The molecule has 120 valence electrons. The number of nitrogens with one attached hydrogen (secondary N) is 2. The normalized spacial score (nSPS) is 11.7. The van der Waals surface area contributed by atoms with Crippen molar-refractivity contribution in [2.24, 2.45) is 10.1 Å². The van der Waals surface area contributed by atoms with Crippen LogP contribution in [0.3, 0.4) is 0 Å². The fourth-order valence-electron chi connectivity index (χ4n) is 1.52. The SMILES string of the molecule is CCNC(=NCc1ccc(C)cc1)NCCS(N)(=O)=O.I. The van der Waals surface area contributed by atoms with E-state index in [0.717, 1.165) is 5.56 Å². The van der Waals surface area contributed by atoms with Crippen LogP contribution >= 0.6 is 24.0 Å². The Balaban J connectivity index is 0.00000400. The molecule has 0 saturated heterocycles. The smallest absolute Gasteiger partial charge is 0.210 e. The number of nitrogens with two attached hydrogens (primary N) is 1. The molecule has 8 heteroatoms. The summed E-state index contributed by atoms with van der Waals surface area (Å²) in [5, 5.41) is 10.9. The van der Waals surface area contributed by atoms with E-state index in [1.54, 1.807) is 0 Å². The van der Waals surface area contributed by atoms with Gasteiger partial charge < -0.3 is 10.6 Å². The van der Waals surface area contributed by atoms with E-state index >= 15 is 0 Å². The summed E-state index contributed by atoms with van der Waals surface area (Å²) in [7, 11) is -3.45. The summed E-state index contributed by atoms with van der Waals surface area (Å²) in [5.41, 5.74) is 2.30. The molecule has 0 aliphatic rings. The molecule has 0 radical (unpaired) electrons. The lowest BCUT2D eigenvalue weighted by molar-refractivity contribution is 0.596. The van der Waals surface area contributed by atoms with Crippen LogP contribution in [0.4, 0.5) is 0 Å². The molecule has 6 nitrogen and oxygen atoms in total. The van der Waals surface area contributed by atoms with Crippen molar-refractivity contribution in [3.8, 4) is 0 Å². The Kier molecular flexibility index (Phi) is 9.54. The van der Waals surface area contributed by atoms with E-state index in [0.29, 0.717) is 19.0 Å². The second-order valence-electron chi connectivity index (χ2n) is 4.47. The van der Waals surface area contributed by atoms with Gasteiger partial charge in [-0.05, 0) is 19.4 Å². The molecule has 0 saturated carbocycles. The Morgan fingerprint density at radius 3 is 2.38 bits per heavy atom. The predicted octanol–water partition coefficient (Wildman–Crippen LogP) is 0.957. The minimum atomic E-state index is -3.45. The molecule has 1 aromatic rings. The van der Waals surface area contributed by atoms with E-state index in [2.05, 4.69) is 15.6 Å². The van der Waals surface area contributed by atoms with Crippen molar-refractivity contribution >= 4 is 40.0 Å². The summed E-state index contributed by atoms with van der Waals surface area (Å²) in [6.07, 6.45) is 0. The van der Waals surface area contributed by atoms with Crippen LogP contribution in [-0.4, -0.2) is 33.2 Å². The summed E-state index contributed by atoms with van der Waals surface area (Å²) in [6, 6.07) is 8.11. The van der Waals surface area contributed by atoms with Crippen LogP contribution in [0.15, 0.2) is 29.3 Å². The number of halogens is 1. The Morgan fingerprint density at radius 2 is 1.86 bits per heavy atom. The van der Waals surface area contributed by atoms with Crippen LogP contribution in [0.5, 0.6) is 0 Å². The molecule has 0 bridgehead atoms. The third kappa shape index (κ3) is 9.64. The van der Waals surface area contributed by atoms with E-state index < -0.39 is 10.0 Å². The third-order valence-electron chi connectivity index (χ3n) is 2.56. The van der Waals surface area contributed by atoms with Gasteiger partial charge in [0.05, 0.1) is 12.3 Å². The number of benzene rings is 1. The number of primary sulfonamides is 1. The van der Waals surface area contributed by atoms with Crippen LogP contribution < -0.4 is 15.8 Å². The van der Waals surface area contributed by atoms with Gasteiger partial charge in [-0.25, -0.2) is 18.5 Å². The van der Waals surface area contributed by atoms with Crippen LogP contribution in [0.1, 0.15) is 18.1 Å². The first kappa shape index (κ1) is 20.1. The van der Waals surface area contributed by atoms with E-state index in [-0.39, 0.29) is 36.3 Å². The number of hydrogen-bond donors (Lipinski definition) is 3. The van der Waals surface area contributed by atoms with Gasteiger partial charge in [-0.15, -0.1) is 24.0 Å². The highest BCUT2D eigenvalue weighted by Crippen LogP contribution is 2.04. The van der Waals surface area contributed by atoms with Gasteiger partial charge in [0.1, 0.15) is 0 Å². The number of hydrogen-bond acceptors (Lipinski definition) is 3. The van der Waals surface area contributed by atoms with Gasteiger partial charge >= 0.3 is 0 Å². The molecule has 0 unspecified atom stereocenters. The second kappa shape index (κ2) is 9.96. The number of aryl methyl sites for hydroxylation is 1. The molecule has 0 heterocycles. The number of rotatable bonds is 6. The highest BCUT2D eigenvalue weighted by Gasteiger charge is 2.03. The van der Waals surface area contributed by atoms with Crippen LogP contribution in [0, 0.1) is 6.92 Å². The first-order valence-electron chi connectivity index (χ1n) is 6.49. The van der Waals surface area contributed by atoms with Gasteiger partial charge in [0, 0.05) is 13.1 Å². The van der Waals surface area contributed by atoms with E-state index in [4.69, 9.17) is 5.14 Å². The molecule has 1 aromatic carbocycles. The maximum Gasteiger partial charge on any atom is 0.210 e. The average molecular weight is 426 g/mol. The summed E-state index contributed by atoms with van der Waals surface area (Å²) in [5.74, 6) is 0.457. The van der Waals surface area contributed by atoms with Crippen LogP contribution in [0.2, 0.25) is 0 Å². The molecule has 0 amide bonds. The Morgan fingerprint density at radius 1 is 1.24 bits per heavy atom. The fourth-order valence-corrected chi connectivity index (χ4v) is 1.90. The zero-order chi connectivity index (χ0) is 15.0. The number of sulfonamides is 1. The summed E-state index contributed by atoms with van der Waals surface area (Å²) in [4.78, 5) is 4.39. The Labute approximate surface area is 143 Å². The quantitative estimate of drug-likeness (QED) is 0.359. The monoisotopic (exact) mass is 426 g/mol. The zero-order valence-corrected chi connectivity index (χ0v) is 15.4. The summed E-state index contributed by atoms with van der Waals surface area (Å²) < 4.78 is 21.7.